The normalized spacial score (nSPS) is 10.4. The zero-order valence-electron chi connectivity index (χ0n) is 8.61. The number of anilines is 1. The minimum absolute atomic E-state index is 0.549. The van der Waals surface area contributed by atoms with Crippen molar-refractivity contribution in [3.05, 3.63) is 35.5 Å². The maximum atomic E-state index is 6.08. The van der Waals surface area contributed by atoms with E-state index in [1.165, 1.54) is 0 Å². The summed E-state index contributed by atoms with van der Waals surface area (Å²) in [5, 5.41) is 7.52. The van der Waals surface area contributed by atoms with E-state index in [9.17, 15) is 0 Å². The predicted molar refractivity (Wildman–Crippen MR) is 64.5 cm³/mol. The lowest BCUT2D eigenvalue weighted by Gasteiger charge is -2.04. The maximum absolute atomic E-state index is 6.08. The summed E-state index contributed by atoms with van der Waals surface area (Å²) in [7, 11) is 0. The molecule has 0 atom stereocenters. The minimum atomic E-state index is 0.549. The van der Waals surface area contributed by atoms with Crippen LogP contribution in [-0.4, -0.2) is 18.2 Å². The molecule has 2 rings (SSSR count). The van der Waals surface area contributed by atoms with Crippen molar-refractivity contribution in [2.24, 2.45) is 5.73 Å². The van der Waals surface area contributed by atoms with E-state index in [2.05, 4.69) is 10.5 Å². The molecule has 1 heterocycles. The zero-order chi connectivity index (χ0) is 11.4. The first-order valence-electron chi connectivity index (χ1n) is 4.96. The first-order valence-corrected chi connectivity index (χ1v) is 5.34. The fourth-order valence-corrected chi connectivity index (χ4v) is 1.63. The average Bonchev–Trinajstić information content (AvgIpc) is 2.75. The fourth-order valence-electron chi connectivity index (χ4n) is 1.41. The van der Waals surface area contributed by atoms with Gasteiger partial charge in [-0.15, -0.1) is 0 Å². The lowest BCUT2D eigenvalue weighted by Crippen LogP contribution is -2.13. The first kappa shape index (κ1) is 11.0. The van der Waals surface area contributed by atoms with Crippen LogP contribution < -0.4 is 11.1 Å². The number of aromatic nitrogens is 1. The molecule has 0 bridgehead atoms. The van der Waals surface area contributed by atoms with Gasteiger partial charge in [-0.3, -0.25) is 0 Å². The highest BCUT2D eigenvalue weighted by Crippen LogP contribution is 2.32. The molecule has 1 aromatic heterocycles. The molecule has 3 N–H and O–H groups in total. The van der Waals surface area contributed by atoms with Crippen LogP contribution in [0.3, 0.4) is 0 Å². The predicted octanol–water partition coefficient (Wildman–Crippen LogP) is 2.37. The molecule has 0 fully saturated rings. The largest absolute Gasteiger partial charge is 0.379 e. The Morgan fingerprint density at radius 1 is 1.38 bits per heavy atom. The van der Waals surface area contributed by atoms with Crippen LogP contribution in [0.1, 0.15) is 0 Å². The third-order valence-corrected chi connectivity index (χ3v) is 2.48. The maximum Gasteiger partial charge on any atom is 0.191 e. The molecule has 0 spiro atoms. The molecule has 16 heavy (non-hydrogen) atoms. The van der Waals surface area contributed by atoms with Crippen molar-refractivity contribution in [1.29, 1.82) is 0 Å². The van der Waals surface area contributed by atoms with Crippen LogP contribution in [0.15, 0.2) is 35.0 Å². The van der Waals surface area contributed by atoms with Gasteiger partial charge in [0.15, 0.2) is 5.76 Å². The number of nitrogens with one attached hydrogen (secondary N) is 1. The van der Waals surface area contributed by atoms with E-state index in [4.69, 9.17) is 21.9 Å². The Kier molecular flexibility index (Phi) is 3.44. The number of rotatable bonds is 4. The van der Waals surface area contributed by atoms with Gasteiger partial charge in [0.05, 0.1) is 11.2 Å². The average molecular weight is 238 g/mol. The smallest absolute Gasteiger partial charge is 0.191 e. The summed E-state index contributed by atoms with van der Waals surface area (Å²) in [4.78, 5) is 0. The van der Waals surface area contributed by atoms with E-state index in [1.54, 1.807) is 6.20 Å². The highest BCUT2D eigenvalue weighted by atomic mass is 35.5. The van der Waals surface area contributed by atoms with Crippen LogP contribution in [-0.2, 0) is 0 Å². The van der Waals surface area contributed by atoms with Gasteiger partial charge in [-0.1, -0.05) is 28.9 Å². The van der Waals surface area contributed by atoms with Gasteiger partial charge in [0.1, 0.15) is 5.69 Å². The van der Waals surface area contributed by atoms with Crippen molar-refractivity contribution in [3.8, 4) is 11.3 Å². The molecule has 0 saturated heterocycles. The van der Waals surface area contributed by atoms with Gasteiger partial charge in [-0.25, -0.2) is 0 Å². The second-order valence-electron chi connectivity index (χ2n) is 3.26. The van der Waals surface area contributed by atoms with E-state index in [-0.39, 0.29) is 0 Å². The van der Waals surface area contributed by atoms with E-state index in [1.807, 2.05) is 24.3 Å². The van der Waals surface area contributed by atoms with Crippen molar-refractivity contribution < 1.29 is 4.52 Å². The molecular formula is C11H12ClN3O. The van der Waals surface area contributed by atoms with Gasteiger partial charge in [0.25, 0.3) is 0 Å². The van der Waals surface area contributed by atoms with Gasteiger partial charge in [-0.05, 0) is 12.1 Å². The second kappa shape index (κ2) is 5.01. The Labute approximate surface area is 98.4 Å². The van der Waals surface area contributed by atoms with E-state index < -0.39 is 0 Å². The number of nitrogens with two attached hydrogens (primary N) is 1. The molecule has 84 valence electrons. The van der Waals surface area contributed by atoms with Gasteiger partial charge in [0.2, 0.25) is 0 Å². The molecule has 0 saturated carbocycles. The Morgan fingerprint density at radius 3 is 2.94 bits per heavy atom. The molecule has 2 aromatic rings. The number of hydrogen-bond acceptors (Lipinski definition) is 4. The van der Waals surface area contributed by atoms with E-state index in [0.29, 0.717) is 23.9 Å². The van der Waals surface area contributed by atoms with E-state index >= 15 is 0 Å². The standard InChI is InChI=1S/C11H12ClN3O/c12-9-4-2-1-3-8(9)11-10(7-15-16-11)14-6-5-13/h1-4,7,14H,5-6,13H2. The number of benzene rings is 1. The van der Waals surface area contributed by atoms with Crippen molar-refractivity contribution >= 4 is 17.3 Å². The fraction of sp³-hybridized carbons (Fsp3) is 0.182. The SMILES string of the molecule is NCCNc1cnoc1-c1ccccc1Cl. The third-order valence-electron chi connectivity index (χ3n) is 2.15. The molecule has 0 aliphatic carbocycles. The summed E-state index contributed by atoms with van der Waals surface area (Å²) >= 11 is 6.08. The van der Waals surface area contributed by atoms with Crippen LogP contribution in [0.2, 0.25) is 5.02 Å². The van der Waals surface area contributed by atoms with Crippen LogP contribution in [0.4, 0.5) is 5.69 Å². The Hall–Kier alpha value is -1.52. The van der Waals surface area contributed by atoms with Crippen LogP contribution >= 0.6 is 11.6 Å². The molecule has 0 unspecified atom stereocenters. The van der Waals surface area contributed by atoms with E-state index in [0.717, 1.165) is 11.3 Å². The molecule has 0 radical (unpaired) electrons. The summed E-state index contributed by atoms with van der Waals surface area (Å²) in [5.41, 5.74) is 7.05. The number of nitrogens with zero attached hydrogens (tertiary/aromatic N) is 1. The van der Waals surface area contributed by atoms with Crippen molar-refractivity contribution in [3.63, 3.8) is 0 Å². The van der Waals surface area contributed by atoms with Crippen molar-refractivity contribution in [1.82, 2.24) is 5.16 Å². The molecule has 1 aromatic carbocycles. The quantitative estimate of drug-likeness (QED) is 0.857. The lowest BCUT2D eigenvalue weighted by atomic mass is 10.1. The second-order valence-corrected chi connectivity index (χ2v) is 3.67. The molecule has 0 aliphatic rings. The molecule has 4 nitrogen and oxygen atoms in total. The van der Waals surface area contributed by atoms with Crippen LogP contribution in [0.25, 0.3) is 11.3 Å². The number of hydrogen-bond donors (Lipinski definition) is 2. The van der Waals surface area contributed by atoms with Crippen molar-refractivity contribution in [2.75, 3.05) is 18.4 Å². The highest BCUT2D eigenvalue weighted by Gasteiger charge is 2.12. The summed E-state index contributed by atoms with van der Waals surface area (Å²) < 4.78 is 5.19. The summed E-state index contributed by atoms with van der Waals surface area (Å²) in [6.07, 6.45) is 1.62. The first-order chi connectivity index (χ1) is 7.83. The van der Waals surface area contributed by atoms with Gasteiger partial charge >= 0.3 is 0 Å². The van der Waals surface area contributed by atoms with Gasteiger partial charge in [0, 0.05) is 18.7 Å². The molecule has 0 aliphatic heterocycles. The topological polar surface area (TPSA) is 64.1 Å². The highest BCUT2D eigenvalue weighted by molar-refractivity contribution is 6.33. The molecular weight excluding hydrogens is 226 g/mol. The third kappa shape index (κ3) is 2.18. The van der Waals surface area contributed by atoms with Crippen LogP contribution in [0.5, 0.6) is 0 Å². The van der Waals surface area contributed by atoms with Crippen LogP contribution in [0, 0.1) is 0 Å². The Bertz CT molecular complexity index is 470. The molecule has 0 amide bonds. The Morgan fingerprint density at radius 2 is 2.19 bits per heavy atom. The molecule has 5 heteroatoms. The summed E-state index contributed by atoms with van der Waals surface area (Å²) in [6.45, 7) is 1.21. The minimum Gasteiger partial charge on any atom is -0.379 e. The van der Waals surface area contributed by atoms with Gasteiger partial charge < -0.3 is 15.6 Å². The summed E-state index contributed by atoms with van der Waals surface area (Å²) in [6, 6.07) is 7.47. The van der Waals surface area contributed by atoms with Crippen molar-refractivity contribution in [2.45, 2.75) is 0 Å². The summed E-state index contributed by atoms with van der Waals surface area (Å²) in [5.74, 6) is 0.638. The Balaban J connectivity index is 2.33. The zero-order valence-corrected chi connectivity index (χ0v) is 9.37. The lowest BCUT2D eigenvalue weighted by molar-refractivity contribution is 0.432. The van der Waals surface area contributed by atoms with Gasteiger partial charge in [-0.2, -0.15) is 0 Å². The monoisotopic (exact) mass is 237 g/mol. The number of halogens is 1.